The second-order valence-electron chi connectivity index (χ2n) is 4.98. The Hall–Kier alpha value is -0.860. The van der Waals surface area contributed by atoms with Crippen LogP contribution >= 0.6 is 0 Å². The molecule has 1 N–H and O–H groups in total. The molecule has 0 unspecified atom stereocenters. The van der Waals surface area contributed by atoms with E-state index in [0.717, 1.165) is 12.3 Å². The quantitative estimate of drug-likeness (QED) is 0.844. The fourth-order valence-corrected chi connectivity index (χ4v) is 2.63. The summed E-state index contributed by atoms with van der Waals surface area (Å²) in [6, 6.07) is 10.7. The summed E-state index contributed by atoms with van der Waals surface area (Å²) in [4.78, 5) is 0. The van der Waals surface area contributed by atoms with Crippen LogP contribution in [-0.2, 0) is 11.2 Å². The number of hydrogen-bond acceptors (Lipinski definition) is 2. The first kappa shape index (κ1) is 12.6. The Bertz CT molecular complexity index is 306. The summed E-state index contributed by atoms with van der Waals surface area (Å²) in [5.74, 6) is 0.838. The van der Waals surface area contributed by atoms with Gasteiger partial charge in [-0.2, -0.15) is 0 Å². The first-order valence-electron chi connectivity index (χ1n) is 6.66. The van der Waals surface area contributed by atoms with Gasteiger partial charge in [0, 0.05) is 7.11 Å². The van der Waals surface area contributed by atoms with E-state index in [-0.39, 0.29) is 0 Å². The molecule has 1 fully saturated rings. The van der Waals surface area contributed by atoms with E-state index in [2.05, 4.69) is 35.6 Å². The van der Waals surface area contributed by atoms with Crippen LogP contribution in [0.25, 0.3) is 0 Å². The number of piperidine rings is 1. The largest absolute Gasteiger partial charge is 0.381 e. The molecule has 2 nitrogen and oxygen atoms in total. The Morgan fingerprint density at radius 3 is 2.59 bits per heavy atom. The average molecular weight is 233 g/mol. The normalized spacial score (nSPS) is 19.1. The van der Waals surface area contributed by atoms with Crippen LogP contribution < -0.4 is 5.32 Å². The molecule has 1 atom stereocenters. The third kappa shape index (κ3) is 4.14. The molecule has 0 aliphatic carbocycles. The van der Waals surface area contributed by atoms with Crippen molar-refractivity contribution in [2.45, 2.75) is 31.8 Å². The van der Waals surface area contributed by atoms with Crippen molar-refractivity contribution in [3.63, 3.8) is 0 Å². The minimum Gasteiger partial charge on any atom is -0.381 e. The molecular formula is C15H23NO. The fraction of sp³-hybridized carbons (Fsp3) is 0.600. The van der Waals surface area contributed by atoms with Crippen molar-refractivity contribution >= 4 is 0 Å². The highest BCUT2D eigenvalue weighted by Gasteiger charge is 2.18. The van der Waals surface area contributed by atoms with Crippen molar-refractivity contribution in [3.05, 3.63) is 35.9 Å². The van der Waals surface area contributed by atoms with Crippen molar-refractivity contribution in [2.24, 2.45) is 5.92 Å². The van der Waals surface area contributed by atoms with Gasteiger partial charge in [0.05, 0.1) is 6.10 Å². The monoisotopic (exact) mass is 233 g/mol. The summed E-state index contributed by atoms with van der Waals surface area (Å²) < 4.78 is 5.64. The van der Waals surface area contributed by atoms with E-state index in [1.54, 1.807) is 0 Å². The van der Waals surface area contributed by atoms with Crippen LogP contribution in [0.4, 0.5) is 0 Å². The maximum Gasteiger partial charge on any atom is 0.0614 e. The van der Waals surface area contributed by atoms with Crippen molar-refractivity contribution in [2.75, 3.05) is 20.2 Å². The maximum atomic E-state index is 5.64. The average Bonchev–Trinajstić information content (AvgIpc) is 2.40. The maximum absolute atomic E-state index is 5.64. The van der Waals surface area contributed by atoms with Gasteiger partial charge in [-0.25, -0.2) is 0 Å². The van der Waals surface area contributed by atoms with Gasteiger partial charge in [0.2, 0.25) is 0 Å². The third-order valence-electron chi connectivity index (χ3n) is 3.69. The van der Waals surface area contributed by atoms with E-state index in [1.165, 1.54) is 37.9 Å². The molecule has 1 heterocycles. The van der Waals surface area contributed by atoms with Gasteiger partial charge in [-0.1, -0.05) is 30.3 Å². The van der Waals surface area contributed by atoms with Crippen LogP contribution in [0.5, 0.6) is 0 Å². The van der Waals surface area contributed by atoms with E-state index in [1.807, 2.05) is 7.11 Å². The zero-order chi connectivity index (χ0) is 11.9. The predicted molar refractivity (Wildman–Crippen MR) is 71.2 cm³/mol. The molecule has 1 aliphatic heterocycles. The van der Waals surface area contributed by atoms with Gasteiger partial charge in [0.1, 0.15) is 0 Å². The van der Waals surface area contributed by atoms with E-state index >= 15 is 0 Å². The lowest BCUT2D eigenvalue weighted by Crippen LogP contribution is -2.30. The fourth-order valence-electron chi connectivity index (χ4n) is 2.63. The molecule has 0 amide bonds. The number of ether oxygens (including phenoxy) is 1. The Morgan fingerprint density at radius 2 is 1.94 bits per heavy atom. The van der Waals surface area contributed by atoms with Gasteiger partial charge < -0.3 is 10.1 Å². The molecule has 0 saturated carbocycles. The first-order chi connectivity index (χ1) is 8.38. The van der Waals surface area contributed by atoms with Gasteiger partial charge >= 0.3 is 0 Å². The number of rotatable bonds is 5. The molecule has 0 radical (unpaired) electrons. The van der Waals surface area contributed by atoms with Crippen LogP contribution in [0.3, 0.4) is 0 Å². The molecule has 1 aromatic rings. The molecule has 2 heteroatoms. The summed E-state index contributed by atoms with van der Waals surface area (Å²) in [7, 11) is 1.84. The molecule has 0 aromatic heterocycles. The molecule has 1 aliphatic rings. The van der Waals surface area contributed by atoms with E-state index in [9.17, 15) is 0 Å². The minimum absolute atomic E-state index is 0.375. The van der Waals surface area contributed by atoms with Gasteiger partial charge in [0.25, 0.3) is 0 Å². The molecule has 1 aromatic carbocycles. The highest BCUT2D eigenvalue weighted by atomic mass is 16.5. The molecule has 2 rings (SSSR count). The zero-order valence-corrected chi connectivity index (χ0v) is 10.7. The van der Waals surface area contributed by atoms with Crippen LogP contribution in [0.2, 0.25) is 0 Å². The van der Waals surface area contributed by atoms with Crippen molar-refractivity contribution in [1.29, 1.82) is 0 Å². The van der Waals surface area contributed by atoms with Gasteiger partial charge in [-0.15, -0.1) is 0 Å². The molecule has 1 saturated heterocycles. The predicted octanol–water partition coefficient (Wildman–Crippen LogP) is 2.63. The molecule has 0 spiro atoms. The minimum atomic E-state index is 0.375. The lowest BCUT2D eigenvalue weighted by molar-refractivity contribution is 0.0751. The van der Waals surface area contributed by atoms with Gasteiger partial charge in [0.15, 0.2) is 0 Å². The van der Waals surface area contributed by atoms with Crippen LogP contribution in [0.1, 0.15) is 24.8 Å². The van der Waals surface area contributed by atoms with Crippen LogP contribution in [0, 0.1) is 5.92 Å². The second-order valence-corrected chi connectivity index (χ2v) is 4.98. The molecular weight excluding hydrogens is 210 g/mol. The van der Waals surface area contributed by atoms with Gasteiger partial charge in [-0.05, 0) is 50.3 Å². The van der Waals surface area contributed by atoms with Crippen molar-refractivity contribution in [3.8, 4) is 0 Å². The van der Waals surface area contributed by atoms with Crippen LogP contribution in [-0.4, -0.2) is 26.3 Å². The standard InChI is InChI=1S/C15H23NO/c1-17-15(11-13-5-3-2-4-6-13)12-14-7-9-16-10-8-14/h2-6,14-16H,7-12H2,1H3/t15-/m1/s1. The SMILES string of the molecule is CO[C@H](Cc1ccccc1)CC1CCNCC1. The smallest absolute Gasteiger partial charge is 0.0614 e. The molecule has 0 bridgehead atoms. The summed E-state index contributed by atoms with van der Waals surface area (Å²) in [6.07, 6.45) is 5.22. The highest BCUT2D eigenvalue weighted by Crippen LogP contribution is 2.21. The Morgan fingerprint density at radius 1 is 1.24 bits per heavy atom. The molecule has 94 valence electrons. The van der Waals surface area contributed by atoms with Crippen molar-refractivity contribution < 1.29 is 4.74 Å². The van der Waals surface area contributed by atoms with Gasteiger partial charge in [-0.3, -0.25) is 0 Å². The Kier molecular flexibility index (Phi) is 5.02. The topological polar surface area (TPSA) is 21.3 Å². The summed E-state index contributed by atoms with van der Waals surface area (Å²) >= 11 is 0. The molecule has 17 heavy (non-hydrogen) atoms. The first-order valence-corrected chi connectivity index (χ1v) is 6.66. The third-order valence-corrected chi connectivity index (χ3v) is 3.69. The zero-order valence-electron chi connectivity index (χ0n) is 10.7. The highest BCUT2D eigenvalue weighted by molar-refractivity contribution is 5.15. The summed E-state index contributed by atoms with van der Waals surface area (Å²) in [6.45, 7) is 2.35. The van der Waals surface area contributed by atoms with Crippen molar-refractivity contribution in [1.82, 2.24) is 5.32 Å². The van der Waals surface area contributed by atoms with E-state index in [4.69, 9.17) is 4.74 Å². The summed E-state index contributed by atoms with van der Waals surface area (Å²) in [5.41, 5.74) is 1.38. The Labute approximate surface area is 104 Å². The summed E-state index contributed by atoms with van der Waals surface area (Å²) in [5, 5.41) is 3.41. The second kappa shape index (κ2) is 6.77. The van der Waals surface area contributed by atoms with E-state index in [0.29, 0.717) is 6.10 Å². The Balaban J connectivity index is 1.83. The van der Waals surface area contributed by atoms with E-state index < -0.39 is 0 Å². The number of methoxy groups -OCH3 is 1. The lowest BCUT2D eigenvalue weighted by atomic mass is 9.90. The number of nitrogens with one attached hydrogen (secondary N) is 1. The number of benzene rings is 1. The number of hydrogen-bond donors (Lipinski definition) is 1. The lowest BCUT2D eigenvalue weighted by Gasteiger charge is -2.26. The van der Waals surface area contributed by atoms with Crippen LogP contribution in [0.15, 0.2) is 30.3 Å².